The molecule has 0 spiro atoms. The molecule has 5 rings (SSSR count). The van der Waals surface area contributed by atoms with Crippen molar-refractivity contribution in [3.05, 3.63) is 89.6 Å². The Morgan fingerprint density at radius 2 is 1.77 bits per heavy atom. The highest BCUT2D eigenvalue weighted by atomic mass is 16.5. The number of methoxy groups -OCH3 is 1. The van der Waals surface area contributed by atoms with Crippen molar-refractivity contribution in [3.8, 4) is 5.75 Å². The van der Waals surface area contributed by atoms with E-state index in [0.717, 1.165) is 24.5 Å². The zero-order valence-electron chi connectivity index (χ0n) is 23.3. The third-order valence-corrected chi connectivity index (χ3v) is 7.71. The summed E-state index contributed by atoms with van der Waals surface area (Å²) in [7, 11) is 1.61. The van der Waals surface area contributed by atoms with Crippen LogP contribution in [0.5, 0.6) is 5.75 Å². The number of carbonyl (C=O) groups is 2. The van der Waals surface area contributed by atoms with E-state index < -0.39 is 5.41 Å². The van der Waals surface area contributed by atoms with Gasteiger partial charge in [-0.1, -0.05) is 50.2 Å². The number of pyridine rings is 1. The van der Waals surface area contributed by atoms with E-state index in [4.69, 9.17) is 14.5 Å². The molecule has 0 bridgehead atoms. The number of urea groups is 1. The molecule has 3 heterocycles. The smallest absolute Gasteiger partial charge is 0.322 e. The predicted molar refractivity (Wildman–Crippen MR) is 157 cm³/mol. The highest BCUT2D eigenvalue weighted by Crippen LogP contribution is 2.38. The number of morpholine rings is 1. The average Bonchev–Trinajstić information content (AvgIpc) is 2.98. The first-order valence-corrected chi connectivity index (χ1v) is 13.7. The van der Waals surface area contributed by atoms with Crippen molar-refractivity contribution in [2.24, 2.45) is 5.41 Å². The lowest BCUT2D eigenvalue weighted by Gasteiger charge is -2.46. The molecule has 2 saturated heterocycles. The Kier molecular flexibility index (Phi) is 8.16. The third kappa shape index (κ3) is 6.02. The largest absolute Gasteiger partial charge is 0.497 e. The Morgan fingerprint density at radius 1 is 1.05 bits per heavy atom. The SMILES string of the molecule is COc1ccc(NC(=O)N2CC(=Cc3cccc(N4CCOCC4)n3)C(=O)C(C)(C)C2Cc2ccccc2)cc1. The fraction of sp³-hybridized carbons (Fsp3) is 0.344. The van der Waals surface area contributed by atoms with Crippen molar-refractivity contribution in [2.45, 2.75) is 26.3 Å². The topological polar surface area (TPSA) is 84.0 Å². The Balaban J connectivity index is 1.46. The number of nitrogens with zero attached hydrogens (tertiary/aromatic N) is 3. The molecule has 0 radical (unpaired) electrons. The van der Waals surface area contributed by atoms with Gasteiger partial charge in [0, 0.05) is 29.8 Å². The molecule has 40 heavy (non-hydrogen) atoms. The van der Waals surface area contributed by atoms with Crippen LogP contribution >= 0.6 is 0 Å². The van der Waals surface area contributed by atoms with Crippen LogP contribution in [-0.2, 0) is 16.0 Å². The van der Waals surface area contributed by atoms with Gasteiger partial charge in [0.1, 0.15) is 11.6 Å². The van der Waals surface area contributed by atoms with Gasteiger partial charge in [0.2, 0.25) is 0 Å². The number of amides is 2. The molecule has 8 nitrogen and oxygen atoms in total. The molecule has 2 aliphatic rings. The lowest BCUT2D eigenvalue weighted by Crippen LogP contribution is -2.59. The first-order chi connectivity index (χ1) is 19.3. The average molecular weight is 541 g/mol. The summed E-state index contributed by atoms with van der Waals surface area (Å²) >= 11 is 0. The molecule has 2 fully saturated rings. The van der Waals surface area contributed by atoms with E-state index in [1.54, 1.807) is 36.3 Å². The monoisotopic (exact) mass is 540 g/mol. The molecule has 0 aliphatic carbocycles. The number of piperidine rings is 1. The van der Waals surface area contributed by atoms with Crippen LogP contribution in [-0.4, -0.2) is 67.7 Å². The standard InChI is InChI=1S/C32H36N4O4/c1-32(2)28(20-23-8-5-4-6-9-23)36(31(38)34-25-12-14-27(39-3)15-13-25)22-24(30(32)37)21-26-10-7-11-29(33-26)35-16-18-40-19-17-35/h4-15,21,28H,16-20,22H2,1-3H3,(H,34,38). The van der Waals surface area contributed by atoms with Crippen molar-refractivity contribution in [3.63, 3.8) is 0 Å². The number of ketones is 1. The summed E-state index contributed by atoms with van der Waals surface area (Å²) in [4.78, 5) is 36.5. The van der Waals surface area contributed by atoms with Gasteiger partial charge in [0.05, 0.1) is 38.6 Å². The number of rotatable bonds is 6. The van der Waals surface area contributed by atoms with E-state index in [1.807, 2.05) is 68.5 Å². The highest BCUT2D eigenvalue weighted by molar-refractivity contribution is 6.06. The van der Waals surface area contributed by atoms with Gasteiger partial charge in [-0.3, -0.25) is 4.79 Å². The van der Waals surface area contributed by atoms with E-state index in [9.17, 15) is 9.59 Å². The molecule has 1 N–H and O–H groups in total. The van der Waals surface area contributed by atoms with Crippen molar-refractivity contribution in [2.75, 3.05) is 50.2 Å². The number of likely N-dealkylation sites (tertiary alicyclic amines) is 1. The van der Waals surface area contributed by atoms with Crippen LogP contribution in [0, 0.1) is 5.41 Å². The van der Waals surface area contributed by atoms with Gasteiger partial charge in [0.25, 0.3) is 0 Å². The quantitative estimate of drug-likeness (QED) is 0.440. The van der Waals surface area contributed by atoms with Crippen LogP contribution in [0.25, 0.3) is 6.08 Å². The molecule has 2 amide bonds. The van der Waals surface area contributed by atoms with Crippen molar-refractivity contribution in [1.29, 1.82) is 0 Å². The predicted octanol–water partition coefficient (Wildman–Crippen LogP) is 5.06. The number of carbonyl (C=O) groups excluding carboxylic acids is 2. The van der Waals surface area contributed by atoms with Crippen molar-refractivity contribution in [1.82, 2.24) is 9.88 Å². The van der Waals surface area contributed by atoms with E-state index in [1.165, 1.54) is 0 Å². The fourth-order valence-corrected chi connectivity index (χ4v) is 5.38. The van der Waals surface area contributed by atoms with E-state index in [0.29, 0.717) is 42.3 Å². The Labute approximate surface area is 235 Å². The number of benzene rings is 2. The van der Waals surface area contributed by atoms with Gasteiger partial charge < -0.3 is 24.6 Å². The molecule has 1 unspecified atom stereocenters. The van der Waals surface area contributed by atoms with Crippen molar-refractivity contribution >= 4 is 29.4 Å². The second-order valence-corrected chi connectivity index (χ2v) is 10.7. The number of Topliss-reactive ketones (excluding diaryl/α,β-unsaturated/α-hetero) is 1. The number of nitrogens with one attached hydrogen (secondary N) is 1. The third-order valence-electron chi connectivity index (χ3n) is 7.71. The van der Waals surface area contributed by atoms with Crippen LogP contribution in [0.3, 0.4) is 0 Å². The van der Waals surface area contributed by atoms with Crippen LogP contribution in [0.1, 0.15) is 25.1 Å². The summed E-state index contributed by atoms with van der Waals surface area (Å²) in [5.41, 5.74) is 2.16. The van der Waals surface area contributed by atoms with Crippen LogP contribution in [0.4, 0.5) is 16.3 Å². The number of hydrogen-bond acceptors (Lipinski definition) is 6. The van der Waals surface area contributed by atoms with Gasteiger partial charge in [-0.2, -0.15) is 0 Å². The molecule has 1 atom stereocenters. The minimum atomic E-state index is -0.820. The summed E-state index contributed by atoms with van der Waals surface area (Å²) in [6.07, 6.45) is 2.40. The minimum absolute atomic E-state index is 0.0282. The summed E-state index contributed by atoms with van der Waals surface area (Å²) in [6, 6.07) is 22.4. The summed E-state index contributed by atoms with van der Waals surface area (Å²) in [5.74, 6) is 1.60. The highest BCUT2D eigenvalue weighted by Gasteiger charge is 2.47. The van der Waals surface area contributed by atoms with Gasteiger partial charge >= 0.3 is 6.03 Å². The van der Waals surface area contributed by atoms with Crippen LogP contribution in [0.15, 0.2) is 78.4 Å². The molecule has 8 heteroatoms. The number of ether oxygens (including phenoxy) is 2. The van der Waals surface area contributed by atoms with Crippen LogP contribution in [0.2, 0.25) is 0 Å². The molecule has 0 saturated carbocycles. The van der Waals surface area contributed by atoms with E-state index >= 15 is 0 Å². The lowest BCUT2D eigenvalue weighted by molar-refractivity contribution is -0.128. The normalized spacial score (nSPS) is 19.9. The Hall–Kier alpha value is -4.17. The van der Waals surface area contributed by atoms with Gasteiger partial charge in [-0.25, -0.2) is 9.78 Å². The van der Waals surface area contributed by atoms with Gasteiger partial charge in [-0.15, -0.1) is 0 Å². The number of anilines is 2. The lowest BCUT2D eigenvalue weighted by atomic mass is 9.71. The number of aromatic nitrogens is 1. The molecule has 2 aliphatic heterocycles. The van der Waals surface area contributed by atoms with Crippen LogP contribution < -0.4 is 15.0 Å². The first kappa shape index (κ1) is 27.4. The van der Waals surface area contributed by atoms with Gasteiger partial charge in [0.15, 0.2) is 5.78 Å². The second kappa shape index (κ2) is 11.9. The molecular formula is C32H36N4O4. The Bertz CT molecular complexity index is 1370. The minimum Gasteiger partial charge on any atom is -0.497 e. The zero-order valence-corrected chi connectivity index (χ0v) is 23.3. The molecule has 3 aromatic rings. The fourth-order valence-electron chi connectivity index (χ4n) is 5.38. The maximum absolute atomic E-state index is 13.9. The van der Waals surface area contributed by atoms with Crippen molar-refractivity contribution < 1.29 is 19.1 Å². The van der Waals surface area contributed by atoms with E-state index in [-0.39, 0.29) is 24.4 Å². The molecule has 1 aromatic heterocycles. The summed E-state index contributed by atoms with van der Waals surface area (Å²) in [5, 5.41) is 3.03. The Morgan fingerprint density at radius 3 is 2.48 bits per heavy atom. The maximum Gasteiger partial charge on any atom is 0.322 e. The van der Waals surface area contributed by atoms with Gasteiger partial charge in [-0.05, 0) is 54.5 Å². The zero-order chi connectivity index (χ0) is 28.1. The molecule has 2 aromatic carbocycles. The molecule has 208 valence electrons. The number of hydrogen-bond donors (Lipinski definition) is 1. The first-order valence-electron chi connectivity index (χ1n) is 13.7. The maximum atomic E-state index is 13.9. The summed E-state index contributed by atoms with van der Waals surface area (Å²) in [6.45, 7) is 6.94. The summed E-state index contributed by atoms with van der Waals surface area (Å²) < 4.78 is 10.7. The van der Waals surface area contributed by atoms with E-state index in [2.05, 4.69) is 10.2 Å². The molecular weight excluding hydrogens is 504 g/mol. The second-order valence-electron chi connectivity index (χ2n) is 10.7.